The highest BCUT2D eigenvalue weighted by Gasteiger charge is 2.26. The standard InChI is InChI=1S/C19H20N6OS/c1-12-14-6-2-3-7-15(14)23-18(21-12)25-19-22-13(10-16(26)24-19)11-27-17-8-4-5-9-20-17/h2-9,13,19,22H,10-11H2,1H3,(H,24,26)(H,21,23,25). The van der Waals surface area contributed by atoms with Gasteiger partial charge in [0, 0.05) is 29.8 Å². The Hall–Kier alpha value is -2.71. The predicted molar refractivity (Wildman–Crippen MR) is 106 cm³/mol. The Balaban J connectivity index is 1.43. The second-order valence-electron chi connectivity index (χ2n) is 6.34. The minimum atomic E-state index is -0.416. The number of hydrogen-bond acceptors (Lipinski definition) is 7. The number of aromatic nitrogens is 3. The highest BCUT2D eigenvalue weighted by Crippen LogP contribution is 2.19. The fourth-order valence-corrected chi connectivity index (χ4v) is 3.91. The number of para-hydroxylation sites is 1. The highest BCUT2D eigenvalue weighted by atomic mass is 32.2. The normalized spacial score (nSPS) is 19.7. The van der Waals surface area contributed by atoms with Crippen molar-refractivity contribution < 1.29 is 4.79 Å². The Morgan fingerprint density at radius 2 is 2.04 bits per heavy atom. The molecule has 1 aromatic carbocycles. The summed E-state index contributed by atoms with van der Waals surface area (Å²) in [5, 5.41) is 11.4. The van der Waals surface area contributed by atoms with Gasteiger partial charge < -0.3 is 10.6 Å². The number of benzene rings is 1. The molecule has 0 aliphatic carbocycles. The van der Waals surface area contributed by atoms with Crippen molar-refractivity contribution in [3.05, 3.63) is 54.4 Å². The summed E-state index contributed by atoms with van der Waals surface area (Å²) in [7, 11) is 0. The Morgan fingerprint density at radius 3 is 2.89 bits per heavy atom. The molecule has 3 heterocycles. The van der Waals surface area contributed by atoms with Crippen LogP contribution in [0, 0.1) is 6.92 Å². The molecule has 1 amide bonds. The van der Waals surface area contributed by atoms with Crippen LogP contribution in [0.4, 0.5) is 5.95 Å². The number of rotatable bonds is 5. The van der Waals surface area contributed by atoms with Crippen LogP contribution >= 0.6 is 11.8 Å². The van der Waals surface area contributed by atoms with Gasteiger partial charge in [-0.15, -0.1) is 11.8 Å². The molecule has 1 fully saturated rings. The third-order valence-electron chi connectivity index (χ3n) is 4.28. The Labute approximate surface area is 161 Å². The third kappa shape index (κ3) is 4.35. The molecule has 7 nitrogen and oxygen atoms in total. The zero-order valence-corrected chi connectivity index (χ0v) is 15.7. The molecular formula is C19H20N6OS. The number of amides is 1. The number of nitrogens with one attached hydrogen (secondary N) is 3. The van der Waals surface area contributed by atoms with E-state index in [2.05, 4.69) is 30.9 Å². The fourth-order valence-electron chi connectivity index (χ4n) is 3.01. The lowest BCUT2D eigenvalue weighted by Crippen LogP contribution is -2.60. The van der Waals surface area contributed by atoms with Crippen LogP contribution in [0.15, 0.2) is 53.7 Å². The van der Waals surface area contributed by atoms with E-state index in [1.807, 2.05) is 49.4 Å². The van der Waals surface area contributed by atoms with E-state index in [1.54, 1.807) is 18.0 Å². The van der Waals surface area contributed by atoms with Crippen LogP contribution in [0.2, 0.25) is 0 Å². The first-order valence-electron chi connectivity index (χ1n) is 8.76. The summed E-state index contributed by atoms with van der Waals surface area (Å²) in [5.74, 6) is 1.23. The lowest BCUT2D eigenvalue weighted by molar-refractivity contribution is -0.123. The average Bonchev–Trinajstić information content (AvgIpc) is 2.67. The van der Waals surface area contributed by atoms with E-state index in [0.717, 1.165) is 27.4 Å². The third-order valence-corrected chi connectivity index (χ3v) is 5.38. The summed E-state index contributed by atoms with van der Waals surface area (Å²) in [6, 6.07) is 13.7. The Kier molecular flexibility index (Phi) is 5.17. The molecule has 4 rings (SSSR count). The second kappa shape index (κ2) is 7.89. The van der Waals surface area contributed by atoms with Gasteiger partial charge in [0.2, 0.25) is 11.9 Å². The maximum absolute atomic E-state index is 12.1. The van der Waals surface area contributed by atoms with E-state index in [4.69, 9.17) is 0 Å². The molecule has 27 heavy (non-hydrogen) atoms. The predicted octanol–water partition coefficient (Wildman–Crippen LogP) is 2.30. The van der Waals surface area contributed by atoms with Gasteiger partial charge in [-0.05, 0) is 25.1 Å². The van der Waals surface area contributed by atoms with Crippen molar-refractivity contribution in [1.82, 2.24) is 25.6 Å². The number of fused-ring (bicyclic) bond motifs is 1. The number of nitrogens with zero attached hydrogens (tertiary/aromatic N) is 3. The van der Waals surface area contributed by atoms with E-state index in [0.29, 0.717) is 12.4 Å². The zero-order chi connectivity index (χ0) is 18.6. The van der Waals surface area contributed by atoms with Crippen LogP contribution in [0.3, 0.4) is 0 Å². The number of pyridine rings is 1. The van der Waals surface area contributed by atoms with Crippen molar-refractivity contribution in [2.75, 3.05) is 11.1 Å². The molecule has 1 aliphatic heterocycles. The van der Waals surface area contributed by atoms with Gasteiger partial charge in [-0.2, -0.15) is 0 Å². The summed E-state index contributed by atoms with van der Waals surface area (Å²) in [5.41, 5.74) is 1.77. The maximum Gasteiger partial charge on any atom is 0.226 e. The minimum absolute atomic E-state index is 0.00428. The first-order chi connectivity index (χ1) is 13.2. The van der Waals surface area contributed by atoms with Crippen molar-refractivity contribution in [2.24, 2.45) is 0 Å². The molecule has 3 aromatic rings. The topological polar surface area (TPSA) is 91.8 Å². The average molecular weight is 380 g/mol. The van der Waals surface area contributed by atoms with Gasteiger partial charge >= 0.3 is 0 Å². The summed E-state index contributed by atoms with van der Waals surface area (Å²) < 4.78 is 0. The highest BCUT2D eigenvalue weighted by molar-refractivity contribution is 7.99. The summed E-state index contributed by atoms with van der Waals surface area (Å²) in [4.78, 5) is 25.5. The molecule has 1 saturated heterocycles. The van der Waals surface area contributed by atoms with Crippen LogP contribution in [0.5, 0.6) is 0 Å². The van der Waals surface area contributed by atoms with Crippen LogP contribution in [0.25, 0.3) is 10.9 Å². The first-order valence-corrected chi connectivity index (χ1v) is 9.75. The van der Waals surface area contributed by atoms with E-state index in [-0.39, 0.29) is 11.9 Å². The number of carbonyl (C=O) groups is 1. The largest absolute Gasteiger partial charge is 0.323 e. The lowest BCUT2D eigenvalue weighted by Gasteiger charge is -2.31. The van der Waals surface area contributed by atoms with Crippen molar-refractivity contribution in [3.63, 3.8) is 0 Å². The maximum atomic E-state index is 12.1. The van der Waals surface area contributed by atoms with Crippen LogP contribution in [0.1, 0.15) is 12.1 Å². The van der Waals surface area contributed by atoms with Gasteiger partial charge in [-0.25, -0.2) is 15.0 Å². The molecule has 0 bridgehead atoms. The Morgan fingerprint density at radius 1 is 1.19 bits per heavy atom. The molecule has 1 aliphatic rings. The van der Waals surface area contributed by atoms with Crippen molar-refractivity contribution in [2.45, 2.75) is 30.7 Å². The van der Waals surface area contributed by atoms with Crippen molar-refractivity contribution in [1.29, 1.82) is 0 Å². The summed E-state index contributed by atoms with van der Waals surface area (Å²) >= 11 is 1.63. The summed E-state index contributed by atoms with van der Waals surface area (Å²) in [6.45, 7) is 1.95. The van der Waals surface area contributed by atoms with E-state index >= 15 is 0 Å². The monoisotopic (exact) mass is 380 g/mol. The van der Waals surface area contributed by atoms with Gasteiger partial charge in [-0.1, -0.05) is 24.3 Å². The number of thioether (sulfide) groups is 1. The Bertz CT molecular complexity index is 951. The van der Waals surface area contributed by atoms with Gasteiger partial charge in [0.1, 0.15) is 0 Å². The number of hydrogen-bond donors (Lipinski definition) is 3. The van der Waals surface area contributed by atoms with Crippen molar-refractivity contribution in [3.8, 4) is 0 Å². The molecule has 2 atom stereocenters. The smallest absolute Gasteiger partial charge is 0.226 e. The van der Waals surface area contributed by atoms with Gasteiger partial charge in [-0.3, -0.25) is 10.1 Å². The van der Waals surface area contributed by atoms with E-state index < -0.39 is 6.29 Å². The van der Waals surface area contributed by atoms with Crippen LogP contribution in [-0.4, -0.2) is 38.9 Å². The minimum Gasteiger partial charge on any atom is -0.323 e. The molecule has 138 valence electrons. The lowest BCUT2D eigenvalue weighted by atomic mass is 10.2. The molecule has 2 aromatic heterocycles. The molecule has 8 heteroatoms. The molecule has 0 saturated carbocycles. The quantitative estimate of drug-likeness (QED) is 0.585. The molecule has 0 radical (unpaired) electrons. The second-order valence-corrected chi connectivity index (χ2v) is 7.38. The number of carbonyl (C=O) groups excluding carboxylic acids is 1. The zero-order valence-electron chi connectivity index (χ0n) is 14.8. The number of anilines is 1. The van der Waals surface area contributed by atoms with Gasteiger partial charge in [0.15, 0.2) is 6.29 Å². The SMILES string of the molecule is Cc1nc(NC2NC(=O)CC(CSc3ccccn3)N2)nc2ccccc12. The summed E-state index contributed by atoms with van der Waals surface area (Å²) in [6.07, 6.45) is 1.78. The molecular weight excluding hydrogens is 360 g/mol. The molecule has 2 unspecified atom stereocenters. The van der Waals surface area contributed by atoms with E-state index in [9.17, 15) is 4.79 Å². The van der Waals surface area contributed by atoms with Crippen LogP contribution < -0.4 is 16.0 Å². The van der Waals surface area contributed by atoms with Gasteiger partial charge in [0.25, 0.3) is 0 Å². The van der Waals surface area contributed by atoms with Crippen LogP contribution in [-0.2, 0) is 4.79 Å². The number of aryl methyl sites for hydroxylation is 1. The van der Waals surface area contributed by atoms with Crippen molar-refractivity contribution >= 4 is 34.5 Å². The van der Waals surface area contributed by atoms with Gasteiger partial charge in [0.05, 0.1) is 16.2 Å². The first kappa shape index (κ1) is 17.7. The fraction of sp³-hybridized carbons (Fsp3) is 0.263. The molecule has 3 N–H and O–H groups in total. The van der Waals surface area contributed by atoms with E-state index in [1.165, 1.54) is 0 Å². The molecule has 0 spiro atoms.